The lowest BCUT2D eigenvalue weighted by Crippen LogP contribution is -2.33. The van der Waals surface area contributed by atoms with Gasteiger partial charge in [0.15, 0.2) is 0 Å². The fraction of sp³-hybridized carbons (Fsp3) is 0.684. The highest BCUT2D eigenvalue weighted by atomic mass is 16.5. The van der Waals surface area contributed by atoms with Crippen molar-refractivity contribution >= 4 is 0 Å². The zero-order chi connectivity index (χ0) is 15.5. The van der Waals surface area contributed by atoms with E-state index in [0.717, 1.165) is 24.8 Å². The van der Waals surface area contributed by atoms with E-state index in [1.165, 1.54) is 18.4 Å². The van der Waals surface area contributed by atoms with Gasteiger partial charge in [-0.2, -0.15) is 0 Å². The van der Waals surface area contributed by atoms with Crippen LogP contribution in [0.4, 0.5) is 0 Å². The minimum absolute atomic E-state index is 0.357. The van der Waals surface area contributed by atoms with Crippen LogP contribution in [-0.4, -0.2) is 19.2 Å². The van der Waals surface area contributed by atoms with Gasteiger partial charge in [0.1, 0.15) is 5.75 Å². The predicted octanol–water partition coefficient (Wildman–Crippen LogP) is 4.39. The molecule has 1 aliphatic rings. The van der Waals surface area contributed by atoms with Crippen LogP contribution in [0.5, 0.6) is 5.75 Å². The molecule has 0 saturated heterocycles. The molecule has 0 aromatic heterocycles. The molecular formula is C19H31NO. The molecule has 0 aliphatic heterocycles. The molecule has 1 N–H and O–H groups in total. The largest absolute Gasteiger partial charge is 0.493 e. The van der Waals surface area contributed by atoms with E-state index in [1.807, 2.05) is 0 Å². The third-order valence-electron chi connectivity index (χ3n) is 4.56. The molecule has 0 bridgehead atoms. The molecule has 1 aromatic rings. The van der Waals surface area contributed by atoms with E-state index < -0.39 is 0 Å². The number of hydrogen-bond donors (Lipinski definition) is 1. The maximum absolute atomic E-state index is 5.79. The van der Waals surface area contributed by atoms with Crippen molar-refractivity contribution in [2.75, 3.05) is 13.2 Å². The van der Waals surface area contributed by atoms with E-state index in [-0.39, 0.29) is 0 Å². The van der Waals surface area contributed by atoms with Crippen LogP contribution in [-0.2, 0) is 5.41 Å². The van der Waals surface area contributed by atoms with E-state index in [9.17, 15) is 0 Å². The van der Waals surface area contributed by atoms with E-state index in [4.69, 9.17) is 4.74 Å². The molecule has 0 amide bonds. The Morgan fingerprint density at radius 2 is 1.86 bits per heavy atom. The van der Waals surface area contributed by atoms with Gasteiger partial charge >= 0.3 is 0 Å². The average Bonchev–Trinajstić information content (AvgIpc) is 3.18. The van der Waals surface area contributed by atoms with Crippen LogP contribution in [0.2, 0.25) is 0 Å². The Balaban J connectivity index is 2.04. The fourth-order valence-electron chi connectivity index (χ4n) is 3.12. The minimum atomic E-state index is 0.357. The van der Waals surface area contributed by atoms with Crippen LogP contribution >= 0.6 is 0 Å². The SMILES string of the molecule is CCC1CC1(CNC(C)C)c1ccc(OCC(C)C)cc1. The van der Waals surface area contributed by atoms with Gasteiger partial charge in [-0.1, -0.05) is 53.2 Å². The average molecular weight is 289 g/mol. The van der Waals surface area contributed by atoms with Gasteiger partial charge in [-0.25, -0.2) is 0 Å². The third kappa shape index (κ3) is 4.00. The smallest absolute Gasteiger partial charge is 0.119 e. The Bertz CT molecular complexity index is 437. The molecule has 1 saturated carbocycles. The van der Waals surface area contributed by atoms with Gasteiger partial charge in [0.25, 0.3) is 0 Å². The van der Waals surface area contributed by atoms with E-state index >= 15 is 0 Å². The molecule has 2 nitrogen and oxygen atoms in total. The second-order valence-corrected chi connectivity index (χ2v) is 7.23. The number of nitrogens with one attached hydrogen (secondary N) is 1. The summed E-state index contributed by atoms with van der Waals surface area (Å²) in [6.07, 6.45) is 2.58. The first-order chi connectivity index (χ1) is 9.98. The topological polar surface area (TPSA) is 21.3 Å². The third-order valence-corrected chi connectivity index (χ3v) is 4.56. The first-order valence-corrected chi connectivity index (χ1v) is 8.44. The molecule has 1 aliphatic carbocycles. The van der Waals surface area contributed by atoms with Crippen molar-refractivity contribution in [1.29, 1.82) is 0 Å². The van der Waals surface area contributed by atoms with Crippen LogP contribution in [0.3, 0.4) is 0 Å². The van der Waals surface area contributed by atoms with Gasteiger partial charge in [0.2, 0.25) is 0 Å². The summed E-state index contributed by atoms with van der Waals surface area (Å²) in [5.74, 6) is 2.39. The van der Waals surface area contributed by atoms with Crippen molar-refractivity contribution in [3.63, 3.8) is 0 Å². The molecule has 2 rings (SSSR count). The Kier molecular flexibility index (Phi) is 5.32. The molecule has 0 heterocycles. The highest BCUT2D eigenvalue weighted by Gasteiger charge is 2.53. The molecule has 0 radical (unpaired) electrons. The fourth-order valence-corrected chi connectivity index (χ4v) is 3.12. The molecular weight excluding hydrogens is 258 g/mol. The maximum Gasteiger partial charge on any atom is 0.119 e. The van der Waals surface area contributed by atoms with Gasteiger partial charge in [0.05, 0.1) is 6.61 Å². The zero-order valence-corrected chi connectivity index (χ0v) is 14.3. The molecule has 2 heteroatoms. The van der Waals surface area contributed by atoms with E-state index in [0.29, 0.717) is 17.4 Å². The van der Waals surface area contributed by atoms with E-state index in [2.05, 4.69) is 64.2 Å². The monoisotopic (exact) mass is 289 g/mol. The van der Waals surface area contributed by atoms with Crippen LogP contribution in [0, 0.1) is 11.8 Å². The predicted molar refractivity (Wildman–Crippen MR) is 90.0 cm³/mol. The minimum Gasteiger partial charge on any atom is -0.493 e. The van der Waals surface area contributed by atoms with Crippen molar-refractivity contribution in [3.05, 3.63) is 29.8 Å². The number of hydrogen-bond acceptors (Lipinski definition) is 2. The van der Waals surface area contributed by atoms with Gasteiger partial charge in [-0.15, -0.1) is 0 Å². The molecule has 21 heavy (non-hydrogen) atoms. The standard InChI is InChI=1S/C19H31NO/c1-6-16-11-19(16,13-20-15(4)5)17-7-9-18(10-8-17)21-12-14(2)3/h7-10,14-16,20H,6,11-13H2,1-5H3. The van der Waals surface area contributed by atoms with Crippen molar-refractivity contribution in [2.45, 2.75) is 58.9 Å². The van der Waals surface area contributed by atoms with Crippen LogP contribution in [0.15, 0.2) is 24.3 Å². The summed E-state index contributed by atoms with van der Waals surface area (Å²) in [4.78, 5) is 0. The number of benzene rings is 1. The van der Waals surface area contributed by atoms with E-state index in [1.54, 1.807) is 0 Å². The lowest BCUT2D eigenvalue weighted by atomic mass is 9.92. The zero-order valence-electron chi connectivity index (χ0n) is 14.3. The second kappa shape index (κ2) is 6.83. The molecule has 1 fully saturated rings. The lowest BCUT2D eigenvalue weighted by molar-refractivity contribution is 0.271. The summed E-state index contributed by atoms with van der Waals surface area (Å²) >= 11 is 0. The highest BCUT2D eigenvalue weighted by Crippen LogP contribution is 2.55. The molecule has 0 spiro atoms. The first kappa shape index (κ1) is 16.4. The molecule has 2 unspecified atom stereocenters. The first-order valence-electron chi connectivity index (χ1n) is 8.44. The number of ether oxygens (including phenoxy) is 1. The summed E-state index contributed by atoms with van der Waals surface area (Å²) in [6.45, 7) is 13.0. The molecule has 1 aromatic carbocycles. The Hall–Kier alpha value is -1.02. The van der Waals surface area contributed by atoms with Gasteiger partial charge < -0.3 is 10.1 Å². The normalized spacial score (nSPS) is 24.6. The summed E-state index contributed by atoms with van der Waals surface area (Å²) in [6, 6.07) is 9.37. The van der Waals surface area contributed by atoms with Gasteiger partial charge in [0, 0.05) is 18.0 Å². The molecule has 118 valence electrons. The van der Waals surface area contributed by atoms with Crippen molar-refractivity contribution < 1.29 is 4.74 Å². The van der Waals surface area contributed by atoms with Crippen molar-refractivity contribution in [3.8, 4) is 5.75 Å². The quantitative estimate of drug-likeness (QED) is 0.766. The van der Waals surface area contributed by atoms with Gasteiger partial charge in [-0.3, -0.25) is 0 Å². The summed E-state index contributed by atoms with van der Waals surface area (Å²) in [5.41, 5.74) is 1.83. The van der Waals surface area contributed by atoms with Crippen LogP contribution in [0.1, 0.15) is 53.0 Å². The van der Waals surface area contributed by atoms with Gasteiger partial charge in [-0.05, 0) is 36.0 Å². The number of rotatable bonds is 8. The highest BCUT2D eigenvalue weighted by molar-refractivity contribution is 5.38. The second-order valence-electron chi connectivity index (χ2n) is 7.23. The molecule has 2 atom stereocenters. The maximum atomic E-state index is 5.79. The van der Waals surface area contributed by atoms with Crippen molar-refractivity contribution in [1.82, 2.24) is 5.32 Å². The van der Waals surface area contributed by atoms with Crippen LogP contribution in [0.25, 0.3) is 0 Å². The summed E-state index contributed by atoms with van der Waals surface area (Å²) in [5, 5.41) is 3.63. The lowest BCUT2D eigenvalue weighted by Gasteiger charge is -2.21. The Labute approximate surface area is 130 Å². The van der Waals surface area contributed by atoms with Crippen molar-refractivity contribution in [2.24, 2.45) is 11.8 Å². The van der Waals surface area contributed by atoms with Crippen LogP contribution < -0.4 is 10.1 Å². The summed E-state index contributed by atoms with van der Waals surface area (Å²) in [7, 11) is 0. The Morgan fingerprint density at radius 3 is 2.33 bits per heavy atom. The Morgan fingerprint density at radius 1 is 1.19 bits per heavy atom. The summed E-state index contributed by atoms with van der Waals surface area (Å²) < 4.78 is 5.79.